The van der Waals surface area contributed by atoms with Crippen molar-refractivity contribution >= 4 is 27.7 Å². The third-order valence-electron chi connectivity index (χ3n) is 16.3. The Bertz CT molecular complexity index is 3560. The van der Waals surface area contributed by atoms with Gasteiger partial charge in [0.15, 0.2) is 11.6 Å². The van der Waals surface area contributed by atoms with E-state index < -0.39 is 34.4 Å². The van der Waals surface area contributed by atoms with Gasteiger partial charge in [-0.3, -0.25) is 28.1 Å². The zero-order valence-electron chi connectivity index (χ0n) is 40.5. The van der Waals surface area contributed by atoms with Crippen LogP contribution in [0.3, 0.4) is 0 Å². The molecule has 3 fully saturated rings. The van der Waals surface area contributed by atoms with Crippen LogP contribution < -0.4 is 11.4 Å². The number of carbonyl (C=O) groups is 1. The number of benzene rings is 3. The first-order valence-electron chi connectivity index (χ1n) is 24.5. The molecule has 1 N–H and O–H groups in total. The number of aryl methyl sites for hydroxylation is 3. The van der Waals surface area contributed by atoms with E-state index in [1.54, 1.807) is 60.7 Å². The number of amides is 1. The van der Waals surface area contributed by atoms with Crippen molar-refractivity contribution in [2.45, 2.75) is 128 Å². The van der Waals surface area contributed by atoms with Crippen LogP contribution in [0, 0.1) is 31.4 Å². The first kappa shape index (κ1) is 44.3. The van der Waals surface area contributed by atoms with Crippen molar-refractivity contribution in [2.75, 3.05) is 6.61 Å². The number of carbonyl (C=O) groups excluding carboxylic acids is 1. The highest BCUT2D eigenvalue weighted by Gasteiger charge is 2.60. The number of H-pyrrole nitrogens is 1. The van der Waals surface area contributed by atoms with Gasteiger partial charge in [0.2, 0.25) is 0 Å². The van der Waals surface area contributed by atoms with Gasteiger partial charge in [-0.1, -0.05) is 37.4 Å². The minimum Gasteiger partial charge on any atom is -0.376 e. The highest BCUT2D eigenvalue weighted by atomic mass is 19.1. The van der Waals surface area contributed by atoms with E-state index in [0.717, 1.165) is 61.5 Å². The lowest BCUT2D eigenvalue weighted by atomic mass is 9.72. The SMILES string of the molecule is Cc1cc(-n2nc3c(c2-n2ccn(-c4ccc5c(cnn5C)c4F)c2=O)[C@H](C)N(C(=O)c2cc4cc([C@H]5CCOC(C)(C)C5)ccc4n2[C@@]2(c4noc(=O)[nH]4)C[C@@H]2C)C2(CCCCC2)C3)cc(C)c1F. The monoisotopic (exact) mass is 950 g/mol. The number of fused-ring (bicyclic) bond motifs is 3. The predicted molar refractivity (Wildman–Crippen MR) is 258 cm³/mol. The molecule has 15 nitrogen and oxygen atoms in total. The minimum atomic E-state index is -0.871. The van der Waals surface area contributed by atoms with Gasteiger partial charge in [-0.2, -0.15) is 10.2 Å². The number of nitrogens with one attached hydrogen (secondary N) is 1. The molecule has 1 spiro atoms. The van der Waals surface area contributed by atoms with Gasteiger partial charge in [0.05, 0.1) is 45.8 Å². The van der Waals surface area contributed by atoms with Crippen molar-refractivity contribution in [3.63, 3.8) is 0 Å². The van der Waals surface area contributed by atoms with Gasteiger partial charge >= 0.3 is 11.4 Å². The molecule has 2 saturated carbocycles. The van der Waals surface area contributed by atoms with Crippen LogP contribution in [-0.2, 0) is 23.7 Å². The van der Waals surface area contributed by atoms with Gasteiger partial charge in [0.1, 0.15) is 22.9 Å². The second-order valence-electron chi connectivity index (χ2n) is 21.2. The molecule has 4 aliphatic rings. The molecule has 8 aromatic rings. The van der Waals surface area contributed by atoms with E-state index in [1.807, 2.05) is 17.9 Å². The maximum Gasteiger partial charge on any atom is 0.438 e. The number of aromatic nitrogens is 9. The summed E-state index contributed by atoms with van der Waals surface area (Å²) in [7, 11) is 1.73. The summed E-state index contributed by atoms with van der Waals surface area (Å²) in [6.07, 6.45) is 11.6. The topological polar surface area (TPSA) is 156 Å². The Morgan fingerprint density at radius 3 is 2.33 bits per heavy atom. The molecular formula is C53H56F2N10O5. The van der Waals surface area contributed by atoms with E-state index in [4.69, 9.17) is 14.4 Å². The molecule has 70 heavy (non-hydrogen) atoms. The Hall–Kier alpha value is -6.88. The van der Waals surface area contributed by atoms with Gasteiger partial charge in [-0.25, -0.2) is 23.1 Å². The molecule has 2 aliphatic heterocycles. The number of rotatable bonds is 7. The summed E-state index contributed by atoms with van der Waals surface area (Å²) in [6.45, 7) is 12.4. The summed E-state index contributed by atoms with van der Waals surface area (Å²) in [4.78, 5) is 48.9. The average Bonchev–Trinajstić information content (AvgIpc) is 3.96. The fourth-order valence-corrected chi connectivity index (χ4v) is 12.8. The molecular weight excluding hydrogens is 895 g/mol. The molecule has 4 atom stereocenters. The van der Waals surface area contributed by atoms with Crippen molar-refractivity contribution in [1.29, 1.82) is 0 Å². The lowest BCUT2D eigenvalue weighted by molar-refractivity contribution is -0.0592. The lowest BCUT2D eigenvalue weighted by Gasteiger charge is -2.52. The molecule has 0 unspecified atom stereocenters. The number of imidazole rings is 1. The highest BCUT2D eigenvalue weighted by Crippen LogP contribution is 2.57. The number of nitrogens with zero attached hydrogens (tertiary/aromatic N) is 9. The lowest BCUT2D eigenvalue weighted by Crippen LogP contribution is -2.58. The molecule has 5 aromatic heterocycles. The van der Waals surface area contributed by atoms with E-state index in [-0.39, 0.29) is 40.2 Å². The maximum atomic E-state index is 16.4. The van der Waals surface area contributed by atoms with Crippen LogP contribution in [0.25, 0.3) is 39.0 Å². The number of hydrogen-bond acceptors (Lipinski definition) is 8. The van der Waals surface area contributed by atoms with E-state index >= 15 is 13.6 Å². The summed E-state index contributed by atoms with van der Waals surface area (Å²) < 4.78 is 51.0. The number of halogens is 2. The normalized spacial score (nSPS) is 22.9. The second kappa shape index (κ2) is 15.6. The first-order chi connectivity index (χ1) is 33.5. The third-order valence-corrected chi connectivity index (χ3v) is 16.3. The maximum absolute atomic E-state index is 16.4. The molecule has 362 valence electrons. The number of aromatic amines is 1. The summed E-state index contributed by atoms with van der Waals surface area (Å²) in [6, 6.07) is 14.5. The standard InChI is InChI=1S/C53H56F2N10O5/c1-29-21-36(22-30(2)44(29)54)65-46(62-19-18-61(50(62)68)41-14-13-40-37(45(41)55)28-56-60(40)7)43-32(4)63(52(27-38(43)58-65)16-9-8-10-17-52)47(66)42-24-35-23-33(34-15-20-69-51(5,6)26-34)11-12-39(35)64(42)53(25-31(53)3)48-57-49(67)70-59-48/h11-14,18-19,21-24,28,31-32,34H,8-10,15-17,20,25-27H2,1-7H3,(H,57,59,67)/t31-,32-,34-,53-/m0/s1. The van der Waals surface area contributed by atoms with Gasteiger partial charge in [-0.05, 0) is 138 Å². The molecule has 0 radical (unpaired) electrons. The summed E-state index contributed by atoms with van der Waals surface area (Å²) >= 11 is 0. The molecule has 12 rings (SSSR count). The highest BCUT2D eigenvalue weighted by molar-refractivity contribution is 6.00. The quantitative estimate of drug-likeness (QED) is 0.166. The van der Waals surface area contributed by atoms with Crippen LogP contribution in [0.15, 0.2) is 81.2 Å². The van der Waals surface area contributed by atoms with Gasteiger partial charge in [-0.15, -0.1) is 0 Å². The Kier molecular flexibility index (Phi) is 9.86. The van der Waals surface area contributed by atoms with Crippen LogP contribution in [0.2, 0.25) is 0 Å². The van der Waals surface area contributed by atoms with E-state index in [0.29, 0.717) is 64.7 Å². The number of ether oxygens (including phenoxy) is 1. The van der Waals surface area contributed by atoms with Crippen molar-refractivity contribution in [3.05, 3.63) is 139 Å². The Balaban J connectivity index is 1.06. The fraction of sp³-hybridized carbons (Fsp3) is 0.434. The van der Waals surface area contributed by atoms with Crippen molar-refractivity contribution in [3.8, 4) is 17.2 Å². The molecule has 17 heteroatoms. The van der Waals surface area contributed by atoms with Crippen LogP contribution in [-0.4, -0.2) is 72.0 Å². The Morgan fingerprint density at radius 1 is 0.900 bits per heavy atom. The second-order valence-corrected chi connectivity index (χ2v) is 21.2. The summed E-state index contributed by atoms with van der Waals surface area (Å²) in [5.74, 6) is -0.795. The summed E-state index contributed by atoms with van der Waals surface area (Å²) in [5.41, 5.74) is 3.51. The van der Waals surface area contributed by atoms with Crippen LogP contribution in [0.4, 0.5) is 8.78 Å². The van der Waals surface area contributed by atoms with Crippen molar-refractivity contribution in [2.24, 2.45) is 13.0 Å². The van der Waals surface area contributed by atoms with Gasteiger partial charge < -0.3 is 14.2 Å². The first-order valence-corrected chi connectivity index (χ1v) is 24.5. The molecule has 0 bridgehead atoms. The Morgan fingerprint density at radius 2 is 1.63 bits per heavy atom. The largest absolute Gasteiger partial charge is 0.438 e. The van der Waals surface area contributed by atoms with Crippen LogP contribution in [0.5, 0.6) is 0 Å². The zero-order chi connectivity index (χ0) is 48.8. The van der Waals surface area contributed by atoms with Crippen LogP contribution >= 0.6 is 0 Å². The van der Waals surface area contributed by atoms with Gasteiger partial charge in [0.25, 0.3) is 5.91 Å². The van der Waals surface area contributed by atoms with E-state index in [9.17, 15) is 9.59 Å². The van der Waals surface area contributed by atoms with E-state index in [1.165, 1.54) is 27.1 Å². The third kappa shape index (κ3) is 6.52. The average molecular weight is 951 g/mol. The van der Waals surface area contributed by atoms with Gasteiger partial charge in [0, 0.05) is 54.5 Å². The molecule has 1 amide bonds. The zero-order valence-corrected chi connectivity index (χ0v) is 40.5. The van der Waals surface area contributed by atoms with Crippen molar-refractivity contribution in [1.82, 2.24) is 48.3 Å². The fourth-order valence-electron chi connectivity index (χ4n) is 12.8. The van der Waals surface area contributed by atoms with Crippen LogP contribution in [0.1, 0.15) is 135 Å². The molecule has 2 aliphatic carbocycles. The minimum absolute atomic E-state index is 0.00698. The Labute approximate surface area is 401 Å². The smallest absolute Gasteiger partial charge is 0.376 e. The number of hydrogen-bond donors (Lipinski definition) is 1. The molecule has 1 saturated heterocycles. The molecule has 7 heterocycles. The predicted octanol–water partition coefficient (Wildman–Crippen LogP) is 9.15. The van der Waals surface area contributed by atoms with E-state index in [2.05, 4.69) is 58.8 Å². The molecule has 3 aromatic carbocycles. The van der Waals surface area contributed by atoms with Crippen molar-refractivity contribution < 1.29 is 22.8 Å². The summed E-state index contributed by atoms with van der Waals surface area (Å²) in [5, 5.41) is 15.0.